The van der Waals surface area contributed by atoms with Gasteiger partial charge in [-0.05, 0) is 30.5 Å². The van der Waals surface area contributed by atoms with Crippen LogP contribution in [-0.4, -0.2) is 36.7 Å². The van der Waals surface area contributed by atoms with Gasteiger partial charge in [0.15, 0.2) is 11.6 Å². The van der Waals surface area contributed by atoms with Crippen molar-refractivity contribution in [2.24, 2.45) is 5.73 Å². The Balaban J connectivity index is 1.64. The normalized spacial score (nSPS) is 28.6. The Kier molecular flexibility index (Phi) is 3.52. The van der Waals surface area contributed by atoms with Gasteiger partial charge in [0.2, 0.25) is 0 Å². The first-order valence-corrected chi connectivity index (χ1v) is 6.70. The molecule has 0 spiro atoms. The molecule has 1 aromatic carbocycles. The fourth-order valence-corrected chi connectivity index (χ4v) is 2.97. The molecular formula is C14H18F2N2O. The molecular weight excluding hydrogens is 250 g/mol. The monoisotopic (exact) mass is 268 g/mol. The van der Waals surface area contributed by atoms with Crippen LogP contribution >= 0.6 is 0 Å². The quantitative estimate of drug-likeness (QED) is 0.909. The van der Waals surface area contributed by atoms with Crippen molar-refractivity contribution in [2.75, 3.05) is 19.6 Å². The van der Waals surface area contributed by atoms with Gasteiger partial charge < -0.3 is 10.5 Å². The molecule has 0 aromatic heterocycles. The smallest absolute Gasteiger partial charge is 0.159 e. The average Bonchev–Trinajstić information content (AvgIpc) is 2.72. The predicted octanol–water partition coefficient (Wildman–Crippen LogP) is 1.83. The Hall–Kier alpha value is -1.04. The van der Waals surface area contributed by atoms with Gasteiger partial charge in [-0.1, -0.05) is 6.07 Å². The van der Waals surface area contributed by atoms with Gasteiger partial charge in [0.05, 0.1) is 12.2 Å². The lowest BCUT2D eigenvalue weighted by Gasteiger charge is -2.33. The van der Waals surface area contributed by atoms with Crippen LogP contribution in [0.1, 0.15) is 24.4 Å². The topological polar surface area (TPSA) is 38.5 Å². The van der Waals surface area contributed by atoms with E-state index in [2.05, 4.69) is 4.90 Å². The average molecular weight is 268 g/mol. The Labute approximate surface area is 111 Å². The van der Waals surface area contributed by atoms with Crippen LogP contribution in [0.15, 0.2) is 18.2 Å². The van der Waals surface area contributed by atoms with Crippen LogP contribution in [0, 0.1) is 11.6 Å². The molecule has 2 aliphatic rings. The highest BCUT2D eigenvalue weighted by molar-refractivity contribution is 5.21. The number of halogens is 2. The minimum Gasteiger partial charge on any atom is -0.372 e. The molecule has 1 aromatic rings. The molecule has 2 heterocycles. The van der Waals surface area contributed by atoms with Crippen LogP contribution in [0.25, 0.3) is 0 Å². The third-order valence-corrected chi connectivity index (χ3v) is 3.95. The van der Waals surface area contributed by atoms with Crippen LogP contribution in [0.2, 0.25) is 0 Å². The molecule has 2 fully saturated rings. The number of rotatable bonds is 3. The van der Waals surface area contributed by atoms with Crippen molar-refractivity contribution in [1.82, 2.24) is 4.90 Å². The second-order valence-electron chi connectivity index (χ2n) is 5.46. The predicted molar refractivity (Wildman–Crippen MR) is 67.6 cm³/mol. The van der Waals surface area contributed by atoms with Gasteiger partial charge in [-0.3, -0.25) is 4.90 Å². The highest BCUT2D eigenvalue weighted by Crippen LogP contribution is 2.27. The summed E-state index contributed by atoms with van der Waals surface area (Å²) < 4.78 is 31.8. The second-order valence-corrected chi connectivity index (χ2v) is 5.46. The summed E-state index contributed by atoms with van der Waals surface area (Å²) in [7, 11) is 0. The first-order chi connectivity index (χ1) is 9.11. The van der Waals surface area contributed by atoms with Crippen LogP contribution in [0.4, 0.5) is 8.78 Å². The van der Waals surface area contributed by atoms with Crippen LogP contribution < -0.4 is 5.73 Å². The summed E-state index contributed by atoms with van der Waals surface area (Å²) in [4.78, 5) is 2.26. The summed E-state index contributed by atoms with van der Waals surface area (Å²) in [6.45, 7) is 2.42. The van der Waals surface area contributed by atoms with Crippen LogP contribution in [0.3, 0.4) is 0 Å². The van der Waals surface area contributed by atoms with Gasteiger partial charge in [-0.2, -0.15) is 0 Å². The fraction of sp³-hybridized carbons (Fsp3) is 0.571. The lowest BCUT2D eigenvalue weighted by Crippen LogP contribution is -2.45. The zero-order chi connectivity index (χ0) is 13.4. The third kappa shape index (κ3) is 2.78. The SMILES string of the molecule is NC(CN1CC2CCC(C1)O2)c1ccc(F)c(F)c1. The zero-order valence-electron chi connectivity index (χ0n) is 10.7. The lowest BCUT2D eigenvalue weighted by atomic mass is 10.1. The fourth-order valence-electron chi connectivity index (χ4n) is 2.97. The minimum absolute atomic E-state index is 0.299. The molecule has 2 N–H and O–H groups in total. The van der Waals surface area contributed by atoms with Gasteiger partial charge in [-0.15, -0.1) is 0 Å². The zero-order valence-corrected chi connectivity index (χ0v) is 10.7. The van der Waals surface area contributed by atoms with Crippen LogP contribution in [0.5, 0.6) is 0 Å². The van der Waals surface area contributed by atoms with E-state index in [1.54, 1.807) is 6.07 Å². The van der Waals surface area contributed by atoms with E-state index in [0.717, 1.165) is 32.0 Å². The Morgan fingerprint density at radius 1 is 1.21 bits per heavy atom. The molecule has 104 valence electrons. The molecule has 3 nitrogen and oxygen atoms in total. The maximum Gasteiger partial charge on any atom is 0.159 e. The summed E-state index contributed by atoms with van der Waals surface area (Å²) in [5.41, 5.74) is 6.72. The van der Waals surface area contributed by atoms with E-state index in [4.69, 9.17) is 10.5 Å². The van der Waals surface area contributed by atoms with E-state index < -0.39 is 11.6 Å². The summed E-state index contributed by atoms with van der Waals surface area (Å²) in [6.07, 6.45) is 2.86. The molecule has 0 aliphatic carbocycles. The van der Waals surface area contributed by atoms with Crippen molar-refractivity contribution in [3.63, 3.8) is 0 Å². The third-order valence-electron chi connectivity index (χ3n) is 3.95. The minimum atomic E-state index is -0.838. The van der Waals surface area contributed by atoms with Crippen molar-refractivity contribution in [2.45, 2.75) is 31.1 Å². The van der Waals surface area contributed by atoms with Crippen molar-refractivity contribution in [3.05, 3.63) is 35.4 Å². The van der Waals surface area contributed by atoms with Crippen molar-refractivity contribution in [3.8, 4) is 0 Å². The highest BCUT2D eigenvalue weighted by atomic mass is 19.2. The van der Waals surface area contributed by atoms with Gasteiger partial charge in [0.1, 0.15) is 0 Å². The summed E-state index contributed by atoms with van der Waals surface area (Å²) >= 11 is 0. The number of nitrogens with zero attached hydrogens (tertiary/aromatic N) is 1. The number of morpholine rings is 1. The van der Waals surface area contributed by atoms with Gasteiger partial charge in [-0.25, -0.2) is 8.78 Å². The van der Waals surface area contributed by atoms with Crippen molar-refractivity contribution >= 4 is 0 Å². The maximum absolute atomic E-state index is 13.2. The largest absolute Gasteiger partial charge is 0.372 e. The first kappa shape index (κ1) is 13.0. The summed E-state index contributed by atoms with van der Waals surface area (Å²) in [5.74, 6) is -1.67. The molecule has 2 bridgehead atoms. The summed E-state index contributed by atoms with van der Waals surface area (Å²) in [5, 5.41) is 0. The molecule has 5 heteroatoms. The molecule has 19 heavy (non-hydrogen) atoms. The molecule has 3 atom stereocenters. The number of likely N-dealkylation sites (tertiary alicyclic amines) is 1. The van der Waals surface area contributed by atoms with E-state index in [-0.39, 0.29) is 6.04 Å². The molecule has 2 saturated heterocycles. The Morgan fingerprint density at radius 3 is 2.53 bits per heavy atom. The van der Waals surface area contributed by atoms with E-state index in [1.165, 1.54) is 6.07 Å². The second kappa shape index (κ2) is 5.15. The Morgan fingerprint density at radius 2 is 1.89 bits per heavy atom. The lowest BCUT2D eigenvalue weighted by molar-refractivity contribution is -0.0397. The number of fused-ring (bicyclic) bond motifs is 2. The number of benzene rings is 1. The molecule has 3 rings (SSSR count). The van der Waals surface area contributed by atoms with E-state index in [1.807, 2.05) is 0 Å². The van der Waals surface area contributed by atoms with E-state index in [0.29, 0.717) is 24.3 Å². The Bertz CT molecular complexity index is 457. The molecule has 0 amide bonds. The molecule has 3 unspecified atom stereocenters. The van der Waals surface area contributed by atoms with Gasteiger partial charge in [0.25, 0.3) is 0 Å². The van der Waals surface area contributed by atoms with Gasteiger partial charge in [0, 0.05) is 25.7 Å². The van der Waals surface area contributed by atoms with Gasteiger partial charge >= 0.3 is 0 Å². The standard InChI is InChI=1S/C14H18F2N2O/c15-12-4-1-9(5-13(12)16)14(17)8-18-6-10-2-3-11(7-18)19-10/h1,4-5,10-11,14H,2-3,6-8,17H2. The molecule has 0 radical (unpaired) electrons. The molecule has 2 aliphatic heterocycles. The maximum atomic E-state index is 13.2. The van der Waals surface area contributed by atoms with E-state index >= 15 is 0 Å². The number of ether oxygens (including phenoxy) is 1. The van der Waals surface area contributed by atoms with Crippen molar-refractivity contribution < 1.29 is 13.5 Å². The van der Waals surface area contributed by atoms with Crippen molar-refractivity contribution in [1.29, 1.82) is 0 Å². The van der Waals surface area contributed by atoms with E-state index in [9.17, 15) is 8.78 Å². The number of nitrogens with two attached hydrogens (primary N) is 1. The summed E-state index contributed by atoms with van der Waals surface area (Å²) in [6, 6.07) is 3.58. The highest BCUT2D eigenvalue weighted by Gasteiger charge is 2.34. The van der Waals surface area contributed by atoms with Crippen LogP contribution in [-0.2, 0) is 4.74 Å². The number of hydrogen-bond acceptors (Lipinski definition) is 3. The molecule has 0 saturated carbocycles. The first-order valence-electron chi connectivity index (χ1n) is 6.70. The number of hydrogen-bond donors (Lipinski definition) is 1.